The van der Waals surface area contributed by atoms with Crippen molar-refractivity contribution in [2.75, 3.05) is 18.0 Å². The number of anilines is 1. The Bertz CT molecular complexity index is 1240. The van der Waals surface area contributed by atoms with Gasteiger partial charge in [0.05, 0.1) is 5.69 Å². The van der Waals surface area contributed by atoms with Gasteiger partial charge in [-0.3, -0.25) is 14.4 Å². The number of hydrogen-bond acceptors (Lipinski definition) is 3. The van der Waals surface area contributed by atoms with Crippen LogP contribution in [0.3, 0.4) is 0 Å². The molecule has 0 saturated carbocycles. The van der Waals surface area contributed by atoms with Crippen molar-refractivity contribution in [1.82, 2.24) is 10.2 Å². The first-order valence-corrected chi connectivity index (χ1v) is 12.9. The zero-order valence-corrected chi connectivity index (χ0v) is 21.4. The van der Waals surface area contributed by atoms with Gasteiger partial charge in [0, 0.05) is 36.5 Å². The molecule has 0 aromatic heterocycles. The molecule has 0 spiro atoms. The van der Waals surface area contributed by atoms with Gasteiger partial charge in [-0.2, -0.15) is 0 Å². The van der Waals surface area contributed by atoms with E-state index in [-0.39, 0.29) is 30.2 Å². The van der Waals surface area contributed by atoms with Gasteiger partial charge in [-0.1, -0.05) is 61.5 Å². The van der Waals surface area contributed by atoms with E-state index in [0.717, 1.165) is 28.4 Å². The Balaban J connectivity index is 1.42. The van der Waals surface area contributed by atoms with E-state index in [1.54, 1.807) is 16.7 Å². The van der Waals surface area contributed by atoms with Gasteiger partial charge in [0.1, 0.15) is 6.04 Å². The molecule has 36 heavy (non-hydrogen) atoms. The molecule has 0 unspecified atom stereocenters. The Hall–Kier alpha value is -3.67. The van der Waals surface area contributed by atoms with E-state index < -0.39 is 6.04 Å². The van der Waals surface area contributed by atoms with Crippen molar-refractivity contribution in [3.8, 4) is 0 Å². The highest BCUT2D eigenvalue weighted by Crippen LogP contribution is 2.37. The van der Waals surface area contributed by atoms with Crippen molar-refractivity contribution in [1.29, 1.82) is 0 Å². The molecule has 3 aromatic rings. The highest BCUT2D eigenvalue weighted by Gasteiger charge is 2.30. The molecule has 0 fully saturated rings. The monoisotopic (exact) mass is 485 g/mol. The summed E-state index contributed by atoms with van der Waals surface area (Å²) >= 11 is 0. The van der Waals surface area contributed by atoms with Crippen molar-refractivity contribution in [3.63, 3.8) is 0 Å². The van der Waals surface area contributed by atoms with E-state index in [2.05, 4.69) is 5.32 Å². The third-order valence-corrected chi connectivity index (χ3v) is 7.07. The second-order valence-electron chi connectivity index (χ2n) is 9.56. The van der Waals surface area contributed by atoms with Crippen LogP contribution in [0.15, 0.2) is 66.7 Å². The van der Waals surface area contributed by atoms with Crippen LogP contribution in [-0.2, 0) is 16.0 Å². The first kappa shape index (κ1) is 25.4. The second kappa shape index (κ2) is 11.4. The molecule has 3 amide bonds. The molecular weight excluding hydrogens is 450 g/mol. The van der Waals surface area contributed by atoms with Gasteiger partial charge in [0.2, 0.25) is 11.8 Å². The molecule has 0 saturated heterocycles. The molecule has 0 bridgehead atoms. The highest BCUT2D eigenvalue weighted by atomic mass is 16.2. The Kier molecular flexibility index (Phi) is 8.04. The molecule has 4 rings (SSSR count). The average molecular weight is 486 g/mol. The van der Waals surface area contributed by atoms with E-state index in [1.165, 1.54) is 0 Å². The van der Waals surface area contributed by atoms with Gasteiger partial charge in [0.25, 0.3) is 5.91 Å². The minimum atomic E-state index is -0.568. The molecule has 1 aliphatic rings. The number of nitrogens with one attached hydrogen (secondary N) is 1. The minimum Gasteiger partial charge on any atom is -0.352 e. The Morgan fingerprint density at radius 2 is 1.69 bits per heavy atom. The summed E-state index contributed by atoms with van der Waals surface area (Å²) in [7, 11) is 0. The third-order valence-electron chi connectivity index (χ3n) is 7.07. The predicted octanol–water partition coefficient (Wildman–Crippen LogP) is 4.95. The Morgan fingerprint density at radius 3 is 2.42 bits per heavy atom. The quantitative estimate of drug-likeness (QED) is 0.418. The highest BCUT2D eigenvalue weighted by molar-refractivity contribution is 6.25. The summed E-state index contributed by atoms with van der Waals surface area (Å²) in [6.45, 7) is 6.70. The van der Waals surface area contributed by atoms with Crippen molar-refractivity contribution < 1.29 is 14.4 Å². The fraction of sp³-hybridized carbons (Fsp3) is 0.367. The van der Waals surface area contributed by atoms with Gasteiger partial charge >= 0.3 is 0 Å². The van der Waals surface area contributed by atoms with Crippen molar-refractivity contribution in [2.45, 2.75) is 58.5 Å². The maximum absolute atomic E-state index is 13.4. The fourth-order valence-corrected chi connectivity index (χ4v) is 4.77. The Morgan fingerprint density at radius 1 is 0.972 bits per heavy atom. The lowest BCUT2D eigenvalue weighted by Crippen LogP contribution is -2.50. The van der Waals surface area contributed by atoms with Crippen LogP contribution in [0.1, 0.15) is 56.0 Å². The van der Waals surface area contributed by atoms with Crippen LogP contribution >= 0.6 is 0 Å². The van der Waals surface area contributed by atoms with Gasteiger partial charge in [-0.25, -0.2) is 0 Å². The SMILES string of the molecule is CC[C@H](C)NC(=O)[C@H](C)N(CCc1ccccc1)C(=O)CCCN1C(=O)c2cccc3cccc1c23. The summed E-state index contributed by atoms with van der Waals surface area (Å²) in [6.07, 6.45) is 2.30. The van der Waals surface area contributed by atoms with Gasteiger partial charge in [-0.05, 0) is 56.2 Å². The smallest absolute Gasteiger partial charge is 0.258 e. The summed E-state index contributed by atoms with van der Waals surface area (Å²) in [5.74, 6) is -0.223. The maximum atomic E-state index is 13.4. The number of nitrogens with zero attached hydrogens (tertiary/aromatic N) is 2. The van der Waals surface area contributed by atoms with E-state index in [0.29, 0.717) is 31.5 Å². The van der Waals surface area contributed by atoms with Gasteiger partial charge in [-0.15, -0.1) is 0 Å². The summed E-state index contributed by atoms with van der Waals surface area (Å²) in [4.78, 5) is 42.8. The summed E-state index contributed by atoms with van der Waals surface area (Å²) in [5, 5.41) is 5.03. The molecule has 0 radical (unpaired) electrons. The van der Waals surface area contributed by atoms with Crippen molar-refractivity contribution in [3.05, 3.63) is 77.9 Å². The summed E-state index contributed by atoms with van der Waals surface area (Å²) in [6, 6.07) is 21.2. The zero-order valence-electron chi connectivity index (χ0n) is 21.4. The molecule has 6 heteroatoms. The van der Waals surface area contributed by atoms with Gasteiger partial charge < -0.3 is 15.1 Å². The van der Waals surface area contributed by atoms with Crippen LogP contribution in [0.25, 0.3) is 10.8 Å². The average Bonchev–Trinajstić information content (AvgIpc) is 3.17. The van der Waals surface area contributed by atoms with Crippen molar-refractivity contribution in [2.24, 2.45) is 0 Å². The van der Waals surface area contributed by atoms with E-state index in [4.69, 9.17) is 0 Å². The number of hydrogen-bond donors (Lipinski definition) is 1. The van der Waals surface area contributed by atoms with E-state index in [1.807, 2.05) is 80.6 Å². The second-order valence-corrected chi connectivity index (χ2v) is 9.56. The first-order valence-electron chi connectivity index (χ1n) is 12.9. The summed E-state index contributed by atoms with van der Waals surface area (Å²) in [5.41, 5.74) is 2.75. The number of rotatable bonds is 11. The largest absolute Gasteiger partial charge is 0.352 e. The van der Waals surface area contributed by atoms with E-state index >= 15 is 0 Å². The number of benzene rings is 3. The molecular formula is C30H35N3O3. The zero-order chi connectivity index (χ0) is 25.7. The van der Waals surface area contributed by atoms with E-state index in [9.17, 15) is 14.4 Å². The molecule has 188 valence electrons. The number of carbonyl (C=O) groups is 3. The van der Waals surface area contributed by atoms with Crippen LogP contribution in [0.2, 0.25) is 0 Å². The normalized spacial score (nSPS) is 14.1. The molecule has 0 aliphatic carbocycles. The molecule has 1 aliphatic heterocycles. The maximum Gasteiger partial charge on any atom is 0.258 e. The van der Waals surface area contributed by atoms with Crippen LogP contribution in [0, 0.1) is 0 Å². The molecule has 2 atom stereocenters. The fourth-order valence-electron chi connectivity index (χ4n) is 4.77. The topological polar surface area (TPSA) is 69.7 Å². The van der Waals surface area contributed by atoms with Crippen LogP contribution in [-0.4, -0.2) is 47.8 Å². The predicted molar refractivity (Wildman–Crippen MR) is 144 cm³/mol. The van der Waals surface area contributed by atoms with Crippen LogP contribution in [0.4, 0.5) is 5.69 Å². The molecule has 1 heterocycles. The third kappa shape index (κ3) is 5.43. The van der Waals surface area contributed by atoms with Gasteiger partial charge in [0.15, 0.2) is 0 Å². The minimum absolute atomic E-state index is 0.0171. The lowest BCUT2D eigenvalue weighted by atomic mass is 10.1. The van der Waals surface area contributed by atoms with Crippen molar-refractivity contribution >= 4 is 34.2 Å². The molecule has 3 aromatic carbocycles. The molecule has 6 nitrogen and oxygen atoms in total. The standard InChI is InChI=1S/C30H35N3O3/c1-4-21(2)31-29(35)22(3)32(20-18-23-11-6-5-7-12-23)27(34)17-10-19-33-26-16-9-14-24-13-8-15-25(28(24)26)30(33)36/h5-9,11-16,21-22H,4,10,17-20H2,1-3H3,(H,31,35)/t21-,22-/m0/s1. The summed E-state index contributed by atoms with van der Waals surface area (Å²) < 4.78 is 0. The lowest BCUT2D eigenvalue weighted by Gasteiger charge is -2.30. The molecule has 1 N–H and O–H groups in total. The number of carbonyl (C=O) groups excluding carboxylic acids is 3. The van der Waals surface area contributed by atoms with Crippen LogP contribution in [0.5, 0.6) is 0 Å². The van der Waals surface area contributed by atoms with Crippen LogP contribution < -0.4 is 10.2 Å². The number of amides is 3. The first-order chi connectivity index (χ1) is 17.4. The lowest BCUT2D eigenvalue weighted by molar-refractivity contribution is -0.140. The Labute approximate surface area is 213 Å².